The molecule has 0 saturated carbocycles. The van der Waals surface area contributed by atoms with Crippen molar-refractivity contribution in [3.63, 3.8) is 0 Å². The molecule has 2 fully saturated rings. The second kappa shape index (κ2) is 23.4. The average molecular weight is 667 g/mol. The molecule has 0 aromatic heterocycles. The molecule has 1 unspecified atom stereocenters. The highest BCUT2D eigenvalue weighted by molar-refractivity contribution is 5.90. The van der Waals surface area contributed by atoms with Crippen LogP contribution in [0.4, 0.5) is 0 Å². The van der Waals surface area contributed by atoms with Gasteiger partial charge in [0.1, 0.15) is 6.10 Å². The van der Waals surface area contributed by atoms with Gasteiger partial charge >= 0.3 is 5.97 Å². The number of unbranched alkanes of at least 4 members (excludes halogenated alkanes) is 13. The van der Waals surface area contributed by atoms with Gasteiger partial charge in [-0.3, -0.25) is 0 Å². The third-order valence-electron chi connectivity index (χ3n) is 10.6. The predicted molar refractivity (Wildman–Crippen MR) is 186 cm³/mol. The Bertz CT molecular complexity index is 864. The molecule has 8 heteroatoms. The van der Waals surface area contributed by atoms with Gasteiger partial charge in [-0.05, 0) is 70.8 Å². The van der Waals surface area contributed by atoms with Gasteiger partial charge in [-0.25, -0.2) is 4.79 Å². The maximum absolute atomic E-state index is 11.7. The van der Waals surface area contributed by atoms with Crippen molar-refractivity contribution in [1.29, 1.82) is 0 Å². The lowest BCUT2D eigenvalue weighted by Crippen LogP contribution is -2.33. The van der Waals surface area contributed by atoms with E-state index in [1.165, 1.54) is 44.9 Å². The van der Waals surface area contributed by atoms with Crippen LogP contribution in [0.5, 0.6) is 0 Å². The second-order valence-corrected chi connectivity index (χ2v) is 14.9. The average Bonchev–Trinajstić information content (AvgIpc) is 3.80. The van der Waals surface area contributed by atoms with Crippen LogP contribution < -0.4 is 0 Å². The molecule has 3 aliphatic rings. The van der Waals surface area contributed by atoms with Crippen molar-refractivity contribution < 1.29 is 39.4 Å². The van der Waals surface area contributed by atoms with E-state index < -0.39 is 18.3 Å². The van der Waals surface area contributed by atoms with Crippen molar-refractivity contribution in [2.45, 2.75) is 229 Å². The third kappa shape index (κ3) is 16.0. The summed E-state index contributed by atoms with van der Waals surface area (Å²) in [6.07, 6.45) is 24.5. The minimum atomic E-state index is -0.565. The fraction of sp³-hybridized carbons (Fsp3) is 0.923. The Labute approximate surface area is 286 Å². The number of esters is 1. The molecule has 3 rings (SSSR count). The quantitative estimate of drug-likeness (QED) is 0.0522. The highest BCUT2D eigenvalue weighted by atomic mass is 16.6. The zero-order valence-electron chi connectivity index (χ0n) is 29.9. The molecule has 8 nitrogen and oxygen atoms in total. The Balaban J connectivity index is 1.13. The van der Waals surface area contributed by atoms with Gasteiger partial charge in [0, 0.05) is 12.0 Å². The summed E-state index contributed by atoms with van der Waals surface area (Å²) in [4.78, 5) is 11.7. The van der Waals surface area contributed by atoms with Crippen molar-refractivity contribution >= 4 is 5.97 Å². The largest absolute Gasteiger partial charge is 0.455 e. The van der Waals surface area contributed by atoms with Gasteiger partial charge in [0.15, 0.2) is 0 Å². The summed E-state index contributed by atoms with van der Waals surface area (Å²) in [5.74, 6) is -0.293. The van der Waals surface area contributed by atoms with Crippen molar-refractivity contribution in [3.05, 3.63) is 11.6 Å². The van der Waals surface area contributed by atoms with Gasteiger partial charge in [0.05, 0.1) is 48.8 Å². The molecule has 0 bridgehead atoms. The molecule has 0 aliphatic carbocycles. The van der Waals surface area contributed by atoms with E-state index in [0.717, 1.165) is 89.9 Å². The first-order chi connectivity index (χ1) is 22.8. The van der Waals surface area contributed by atoms with E-state index >= 15 is 0 Å². The van der Waals surface area contributed by atoms with Gasteiger partial charge in [-0.2, -0.15) is 0 Å². The van der Waals surface area contributed by atoms with Crippen LogP contribution in [-0.4, -0.2) is 81.3 Å². The Morgan fingerprint density at radius 2 is 1.09 bits per heavy atom. The molecule has 4 N–H and O–H groups in total. The third-order valence-corrected chi connectivity index (χ3v) is 10.6. The lowest BCUT2D eigenvalue weighted by molar-refractivity contribution is -0.139. The van der Waals surface area contributed by atoms with Crippen LogP contribution in [-0.2, 0) is 19.0 Å². The van der Waals surface area contributed by atoms with Gasteiger partial charge in [0.25, 0.3) is 0 Å². The molecule has 2 saturated heterocycles. The summed E-state index contributed by atoms with van der Waals surface area (Å²) >= 11 is 0. The number of cyclic esters (lactones) is 1. The second-order valence-electron chi connectivity index (χ2n) is 14.9. The van der Waals surface area contributed by atoms with Crippen LogP contribution in [0.25, 0.3) is 0 Å². The van der Waals surface area contributed by atoms with E-state index in [9.17, 15) is 25.2 Å². The number of hydrogen-bond donors (Lipinski definition) is 4. The zero-order valence-corrected chi connectivity index (χ0v) is 29.9. The lowest BCUT2D eigenvalue weighted by atomic mass is 9.99. The fourth-order valence-corrected chi connectivity index (χ4v) is 7.64. The predicted octanol–water partition coefficient (Wildman–Crippen LogP) is 7.61. The van der Waals surface area contributed by atoms with E-state index in [1.54, 1.807) is 6.08 Å². The SMILES string of the molecule is CCCCCCCCCC[C@H](O)[C@@H]1CC[C@@H]([C@@H]2CC[C@@H]([C@@H](O)CCC(O)CCCCCCCCC[C@@H](O)CC3=C[C@H](C)OC3=O)O2)O1. The first kappa shape index (κ1) is 40.4. The first-order valence-corrected chi connectivity index (χ1v) is 19.7. The summed E-state index contributed by atoms with van der Waals surface area (Å²) in [6.45, 7) is 4.08. The normalized spacial score (nSPS) is 27.1. The summed E-state index contributed by atoms with van der Waals surface area (Å²) in [5.41, 5.74) is 0.603. The maximum atomic E-state index is 11.7. The molecular formula is C39H70O8. The maximum Gasteiger partial charge on any atom is 0.334 e. The molecule has 0 spiro atoms. The Hall–Kier alpha value is -1.03. The first-order valence-electron chi connectivity index (χ1n) is 19.7. The van der Waals surface area contributed by atoms with Crippen LogP contribution in [0.2, 0.25) is 0 Å². The number of carbonyl (C=O) groups is 1. The van der Waals surface area contributed by atoms with E-state index in [-0.39, 0.29) is 42.6 Å². The molecule has 3 aliphatic heterocycles. The van der Waals surface area contributed by atoms with Crippen molar-refractivity contribution in [3.8, 4) is 0 Å². The van der Waals surface area contributed by atoms with Crippen LogP contribution in [0, 0.1) is 0 Å². The van der Waals surface area contributed by atoms with Gasteiger partial charge in [0.2, 0.25) is 0 Å². The summed E-state index contributed by atoms with van der Waals surface area (Å²) in [6, 6.07) is 0. The van der Waals surface area contributed by atoms with Crippen LogP contribution >= 0.6 is 0 Å². The smallest absolute Gasteiger partial charge is 0.334 e. The summed E-state index contributed by atoms with van der Waals surface area (Å²) in [7, 11) is 0. The molecule has 0 amide bonds. The summed E-state index contributed by atoms with van der Waals surface area (Å²) < 4.78 is 17.6. The molecule has 0 radical (unpaired) electrons. The molecule has 3 heterocycles. The van der Waals surface area contributed by atoms with E-state index in [1.807, 2.05) is 6.92 Å². The molecule has 9 atom stereocenters. The molecule has 0 aromatic carbocycles. The minimum absolute atomic E-state index is 0.00792. The Morgan fingerprint density at radius 3 is 1.60 bits per heavy atom. The van der Waals surface area contributed by atoms with Crippen molar-refractivity contribution in [1.82, 2.24) is 0 Å². The van der Waals surface area contributed by atoms with Gasteiger partial charge < -0.3 is 34.6 Å². The number of ether oxygens (including phenoxy) is 3. The van der Waals surface area contributed by atoms with Crippen LogP contribution in [0.15, 0.2) is 11.6 Å². The number of aliphatic hydroxyl groups excluding tert-OH is 4. The molecule has 47 heavy (non-hydrogen) atoms. The standard InChI is InChI=1S/C39H70O8/c1-3-4-5-6-7-11-14-17-20-33(42)35-23-25-37(46-35)38-26-24-36(47-38)34(43)22-21-31(40)18-15-12-9-8-10-13-16-19-32(41)28-30-27-29(2)45-39(30)44/h27,29,31-38,40-43H,3-26,28H2,1-2H3/t29-,31?,32+,33-,34-,35-,36-,37-,38-/m0/s1. The van der Waals surface area contributed by atoms with E-state index in [2.05, 4.69) is 6.92 Å². The van der Waals surface area contributed by atoms with E-state index in [0.29, 0.717) is 31.3 Å². The fourth-order valence-electron chi connectivity index (χ4n) is 7.64. The van der Waals surface area contributed by atoms with Crippen molar-refractivity contribution in [2.24, 2.45) is 0 Å². The van der Waals surface area contributed by atoms with Gasteiger partial charge in [-0.1, -0.05) is 103 Å². The minimum Gasteiger partial charge on any atom is -0.455 e. The van der Waals surface area contributed by atoms with Crippen molar-refractivity contribution in [2.75, 3.05) is 0 Å². The monoisotopic (exact) mass is 667 g/mol. The van der Waals surface area contributed by atoms with Crippen LogP contribution in [0.3, 0.4) is 0 Å². The van der Waals surface area contributed by atoms with Crippen LogP contribution in [0.1, 0.15) is 174 Å². The summed E-state index contributed by atoms with van der Waals surface area (Å²) in [5, 5.41) is 42.2. The molecule has 274 valence electrons. The zero-order chi connectivity index (χ0) is 33.9. The lowest BCUT2D eigenvalue weighted by Gasteiger charge is -2.24. The molecular weight excluding hydrogens is 596 g/mol. The topological polar surface area (TPSA) is 126 Å². The highest BCUT2D eigenvalue weighted by Gasteiger charge is 2.40. The Kier molecular flexibility index (Phi) is 20.1. The number of hydrogen-bond acceptors (Lipinski definition) is 8. The number of rotatable bonds is 27. The highest BCUT2D eigenvalue weighted by Crippen LogP contribution is 2.34. The van der Waals surface area contributed by atoms with Gasteiger partial charge in [-0.15, -0.1) is 0 Å². The number of carbonyl (C=O) groups excluding carboxylic acids is 1. The Morgan fingerprint density at radius 1 is 0.617 bits per heavy atom. The molecule has 0 aromatic rings. The van der Waals surface area contributed by atoms with E-state index in [4.69, 9.17) is 14.2 Å². The number of aliphatic hydroxyl groups is 4.